The molecule has 0 spiro atoms. The number of hydrogen-bond donors (Lipinski definition) is 0. The van der Waals surface area contributed by atoms with Crippen LogP contribution in [-0.4, -0.2) is 10.9 Å². The van der Waals surface area contributed by atoms with Crippen molar-refractivity contribution >= 4 is 17.2 Å². The summed E-state index contributed by atoms with van der Waals surface area (Å²) in [6.07, 6.45) is 2.92. The average Bonchev–Trinajstić information content (AvgIpc) is 2.60. The van der Waals surface area contributed by atoms with Crippen molar-refractivity contribution in [2.45, 2.75) is 13.5 Å². The smallest absolute Gasteiger partial charge is 0.150 e. The van der Waals surface area contributed by atoms with Crippen molar-refractivity contribution in [1.82, 2.24) is 4.57 Å². The molecule has 0 radical (unpaired) electrons. The molecule has 0 saturated carbocycles. The van der Waals surface area contributed by atoms with Gasteiger partial charge in [0.15, 0.2) is 6.29 Å². The molecule has 1 heterocycles. The number of rotatable bonds is 2. The molecule has 0 saturated heterocycles. The first-order chi connectivity index (χ1) is 6.36. The van der Waals surface area contributed by atoms with Crippen LogP contribution in [0.4, 0.5) is 0 Å². The topological polar surface area (TPSA) is 22.0 Å². The van der Waals surface area contributed by atoms with E-state index in [-0.39, 0.29) is 0 Å². The third-order valence-electron chi connectivity index (χ3n) is 2.32. The van der Waals surface area contributed by atoms with E-state index in [1.807, 2.05) is 30.5 Å². The van der Waals surface area contributed by atoms with Crippen LogP contribution in [0, 0.1) is 0 Å². The molecule has 0 atom stereocenters. The van der Waals surface area contributed by atoms with E-state index in [2.05, 4.69) is 11.5 Å². The van der Waals surface area contributed by atoms with Crippen molar-refractivity contribution < 1.29 is 4.79 Å². The Morgan fingerprint density at radius 1 is 1.38 bits per heavy atom. The summed E-state index contributed by atoms with van der Waals surface area (Å²) in [5, 5.41) is 1.04. The molecule has 0 fully saturated rings. The van der Waals surface area contributed by atoms with Crippen LogP contribution in [0.25, 0.3) is 10.9 Å². The van der Waals surface area contributed by atoms with Gasteiger partial charge in [-0.3, -0.25) is 4.79 Å². The minimum Gasteiger partial charge on any atom is -0.348 e. The lowest BCUT2D eigenvalue weighted by Gasteiger charge is -2.00. The van der Waals surface area contributed by atoms with Gasteiger partial charge in [-0.15, -0.1) is 0 Å². The lowest BCUT2D eigenvalue weighted by atomic mass is 10.1. The van der Waals surface area contributed by atoms with E-state index in [0.29, 0.717) is 0 Å². The predicted molar refractivity (Wildman–Crippen MR) is 53.0 cm³/mol. The van der Waals surface area contributed by atoms with E-state index in [4.69, 9.17) is 0 Å². The maximum absolute atomic E-state index is 10.7. The van der Waals surface area contributed by atoms with E-state index in [1.165, 1.54) is 0 Å². The van der Waals surface area contributed by atoms with Crippen molar-refractivity contribution in [2.24, 2.45) is 0 Å². The van der Waals surface area contributed by atoms with Crippen molar-refractivity contribution in [2.75, 3.05) is 0 Å². The van der Waals surface area contributed by atoms with Crippen LogP contribution in [0.1, 0.15) is 17.3 Å². The second-order valence-corrected chi connectivity index (χ2v) is 3.00. The average molecular weight is 173 g/mol. The molecule has 0 unspecified atom stereocenters. The molecule has 0 aliphatic heterocycles. The van der Waals surface area contributed by atoms with Gasteiger partial charge in [0.1, 0.15) is 0 Å². The molecular formula is C11H11NO. The Kier molecular flexibility index (Phi) is 1.89. The zero-order chi connectivity index (χ0) is 9.26. The number of aldehydes is 1. The van der Waals surface area contributed by atoms with E-state index < -0.39 is 0 Å². The number of aromatic nitrogens is 1. The van der Waals surface area contributed by atoms with Gasteiger partial charge in [0.25, 0.3) is 0 Å². The molecule has 0 N–H and O–H groups in total. The van der Waals surface area contributed by atoms with Crippen LogP contribution in [-0.2, 0) is 6.54 Å². The number of carbonyl (C=O) groups is 1. The van der Waals surface area contributed by atoms with Gasteiger partial charge in [-0.05, 0) is 19.1 Å². The van der Waals surface area contributed by atoms with Crippen molar-refractivity contribution in [3.05, 3.63) is 36.0 Å². The SMILES string of the molecule is CCn1ccc2c(C=O)cccc21. The molecule has 2 aromatic rings. The predicted octanol–water partition coefficient (Wildman–Crippen LogP) is 2.47. The summed E-state index contributed by atoms with van der Waals surface area (Å²) < 4.78 is 2.13. The Labute approximate surface area is 76.8 Å². The minimum atomic E-state index is 0.768. The molecule has 0 aliphatic carbocycles. The van der Waals surface area contributed by atoms with Gasteiger partial charge >= 0.3 is 0 Å². The molecule has 66 valence electrons. The van der Waals surface area contributed by atoms with E-state index in [1.54, 1.807) is 0 Å². The second kappa shape index (κ2) is 3.05. The summed E-state index contributed by atoms with van der Waals surface area (Å²) >= 11 is 0. The van der Waals surface area contributed by atoms with Gasteiger partial charge < -0.3 is 4.57 Å². The highest BCUT2D eigenvalue weighted by Crippen LogP contribution is 2.18. The first-order valence-electron chi connectivity index (χ1n) is 4.40. The standard InChI is InChI=1S/C11H11NO/c1-2-12-7-6-10-9(8-13)4-3-5-11(10)12/h3-8H,2H2,1H3. The van der Waals surface area contributed by atoms with Gasteiger partial charge in [0.05, 0.1) is 0 Å². The largest absolute Gasteiger partial charge is 0.348 e. The lowest BCUT2D eigenvalue weighted by molar-refractivity contribution is 0.112. The van der Waals surface area contributed by atoms with Crippen molar-refractivity contribution in [3.63, 3.8) is 0 Å². The maximum Gasteiger partial charge on any atom is 0.150 e. The zero-order valence-corrected chi connectivity index (χ0v) is 7.53. The van der Waals surface area contributed by atoms with Crippen LogP contribution in [0.3, 0.4) is 0 Å². The highest BCUT2D eigenvalue weighted by atomic mass is 16.1. The normalized spacial score (nSPS) is 10.5. The number of fused-ring (bicyclic) bond motifs is 1. The molecule has 0 amide bonds. The maximum atomic E-state index is 10.7. The van der Waals surface area contributed by atoms with Gasteiger partial charge in [0.2, 0.25) is 0 Å². The quantitative estimate of drug-likeness (QED) is 0.639. The summed E-state index contributed by atoms with van der Waals surface area (Å²) in [4.78, 5) is 10.7. The third kappa shape index (κ3) is 1.15. The number of benzene rings is 1. The van der Waals surface area contributed by atoms with Crippen molar-refractivity contribution in [1.29, 1.82) is 0 Å². The minimum absolute atomic E-state index is 0.768. The molecule has 2 rings (SSSR count). The van der Waals surface area contributed by atoms with Gasteiger partial charge in [-0.2, -0.15) is 0 Å². The molecule has 1 aromatic carbocycles. The van der Waals surface area contributed by atoms with Crippen LogP contribution < -0.4 is 0 Å². The summed E-state index contributed by atoms with van der Waals surface area (Å²) in [7, 11) is 0. The Morgan fingerprint density at radius 3 is 2.92 bits per heavy atom. The first kappa shape index (κ1) is 8.05. The zero-order valence-electron chi connectivity index (χ0n) is 7.53. The Hall–Kier alpha value is -1.57. The molecule has 13 heavy (non-hydrogen) atoms. The van der Waals surface area contributed by atoms with Crippen LogP contribution in [0.2, 0.25) is 0 Å². The fourth-order valence-electron chi connectivity index (χ4n) is 1.63. The van der Waals surface area contributed by atoms with E-state index in [9.17, 15) is 4.79 Å². The molecule has 2 heteroatoms. The summed E-state index contributed by atoms with van der Waals surface area (Å²) in [5.41, 5.74) is 1.90. The summed E-state index contributed by atoms with van der Waals surface area (Å²) in [6, 6.07) is 7.78. The van der Waals surface area contributed by atoms with Crippen LogP contribution in [0.5, 0.6) is 0 Å². The number of nitrogens with zero attached hydrogens (tertiary/aromatic N) is 1. The molecule has 2 nitrogen and oxygen atoms in total. The van der Waals surface area contributed by atoms with Crippen molar-refractivity contribution in [3.8, 4) is 0 Å². The molecule has 1 aromatic heterocycles. The monoisotopic (exact) mass is 173 g/mol. The highest BCUT2D eigenvalue weighted by Gasteiger charge is 2.02. The van der Waals surface area contributed by atoms with Gasteiger partial charge in [0, 0.05) is 29.2 Å². The van der Waals surface area contributed by atoms with E-state index in [0.717, 1.165) is 29.3 Å². The molecular weight excluding hydrogens is 162 g/mol. The number of carbonyl (C=O) groups excluding carboxylic acids is 1. The summed E-state index contributed by atoms with van der Waals surface area (Å²) in [6.45, 7) is 3.03. The third-order valence-corrected chi connectivity index (χ3v) is 2.32. The molecule has 0 aliphatic rings. The Bertz CT molecular complexity index is 442. The first-order valence-corrected chi connectivity index (χ1v) is 4.40. The Morgan fingerprint density at radius 2 is 2.23 bits per heavy atom. The van der Waals surface area contributed by atoms with Crippen LogP contribution >= 0.6 is 0 Å². The van der Waals surface area contributed by atoms with Crippen LogP contribution in [0.15, 0.2) is 30.5 Å². The summed E-state index contributed by atoms with van der Waals surface area (Å²) in [5.74, 6) is 0. The second-order valence-electron chi connectivity index (χ2n) is 3.00. The van der Waals surface area contributed by atoms with Gasteiger partial charge in [-0.1, -0.05) is 12.1 Å². The fraction of sp³-hybridized carbons (Fsp3) is 0.182. The van der Waals surface area contributed by atoms with Gasteiger partial charge in [-0.25, -0.2) is 0 Å². The fourth-order valence-corrected chi connectivity index (χ4v) is 1.63. The highest BCUT2D eigenvalue weighted by molar-refractivity contribution is 5.97. The Balaban J connectivity index is 2.79. The number of aryl methyl sites for hydroxylation is 1. The molecule has 0 bridgehead atoms. The number of hydrogen-bond acceptors (Lipinski definition) is 1. The lowest BCUT2D eigenvalue weighted by Crippen LogP contribution is -1.90. The van der Waals surface area contributed by atoms with E-state index >= 15 is 0 Å².